The van der Waals surface area contributed by atoms with E-state index in [1.54, 1.807) is 6.20 Å². The Labute approximate surface area is 117 Å². The van der Waals surface area contributed by atoms with Crippen LogP contribution in [0.5, 0.6) is 0 Å². The fourth-order valence-corrected chi connectivity index (χ4v) is 2.38. The van der Waals surface area contributed by atoms with Crippen LogP contribution in [0.3, 0.4) is 0 Å². The van der Waals surface area contributed by atoms with E-state index in [0.29, 0.717) is 12.1 Å². The lowest BCUT2D eigenvalue weighted by atomic mass is 10.00. The Kier molecular flexibility index (Phi) is 5.38. The highest BCUT2D eigenvalue weighted by Crippen LogP contribution is 2.27. The summed E-state index contributed by atoms with van der Waals surface area (Å²) in [5, 5.41) is 2.73. The number of aromatic amines is 1. The van der Waals surface area contributed by atoms with Gasteiger partial charge >= 0.3 is 0 Å². The van der Waals surface area contributed by atoms with Crippen LogP contribution in [0.15, 0.2) is 12.3 Å². The molecule has 0 aromatic carbocycles. The third-order valence-electron chi connectivity index (χ3n) is 3.40. The maximum Gasteiger partial charge on any atom is 0.265 e. The first-order chi connectivity index (χ1) is 8.56. The molecule has 19 heavy (non-hydrogen) atoms. The first kappa shape index (κ1) is 15.5. The van der Waals surface area contributed by atoms with Crippen molar-refractivity contribution in [3.8, 4) is 0 Å². The smallest absolute Gasteiger partial charge is 0.265 e. The van der Waals surface area contributed by atoms with Gasteiger partial charge < -0.3 is 21.8 Å². The summed E-state index contributed by atoms with van der Waals surface area (Å²) in [5.41, 5.74) is 11.9. The molecule has 7 heteroatoms. The molecule has 1 aliphatic rings. The van der Waals surface area contributed by atoms with Gasteiger partial charge in [0.25, 0.3) is 5.91 Å². The first-order valence-corrected chi connectivity index (χ1v) is 6.10. The molecule has 1 aromatic rings. The number of nitrogens with one attached hydrogen (secondary N) is 2. The van der Waals surface area contributed by atoms with Crippen LogP contribution >= 0.6 is 12.4 Å². The Morgan fingerprint density at radius 2 is 2.16 bits per heavy atom. The second kappa shape index (κ2) is 6.58. The monoisotopic (exact) mass is 286 g/mol. The molecule has 1 fully saturated rings. The quantitative estimate of drug-likeness (QED) is 0.662. The molecule has 6 nitrogen and oxygen atoms in total. The molecule has 1 saturated carbocycles. The van der Waals surface area contributed by atoms with E-state index in [2.05, 4.69) is 10.3 Å². The van der Waals surface area contributed by atoms with Gasteiger partial charge in [0.2, 0.25) is 5.91 Å². The zero-order chi connectivity index (χ0) is 13.1. The van der Waals surface area contributed by atoms with Crippen LogP contribution in [0.25, 0.3) is 0 Å². The Morgan fingerprint density at radius 3 is 2.68 bits per heavy atom. The maximum atomic E-state index is 11.8. The van der Waals surface area contributed by atoms with Crippen LogP contribution in [0.4, 0.5) is 5.69 Å². The van der Waals surface area contributed by atoms with Gasteiger partial charge in [-0.25, -0.2) is 0 Å². The van der Waals surface area contributed by atoms with Crippen LogP contribution in [-0.2, 0) is 4.79 Å². The standard InChI is InChI=1S/C12H18N4O2.ClH/c13-9-3-1-2-7(9)4-11(17)16-8-5-10(12(14)18)15-6-8;/h5-7,9,15H,1-4,13H2,(H2,14,18)(H,16,17);1H/t7-,9+;/m0./s1. The number of aromatic nitrogens is 1. The van der Waals surface area contributed by atoms with Crippen molar-refractivity contribution in [2.45, 2.75) is 31.7 Å². The van der Waals surface area contributed by atoms with E-state index in [9.17, 15) is 9.59 Å². The summed E-state index contributed by atoms with van der Waals surface area (Å²) >= 11 is 0. The lowest BCUT2D eigenvalue weighted by Crippen LogP contribution is -2.28. The number of amides is 2. The van der Waals surface area contributed by atoms with Crippen molar-refractivity contribution >= 4 is 29.9 Å². The van der Waals surface area contributed by atoms with Gasteiger partial charge in [-0.2, -0.15) is 0 Å². The Morgan fingerprint density at radius 1 is 1.42 bits per heavy atom. The molecule has 1 heterocycles. The molecular formula is C12H19ClN4O2. The number of halogens is 1. The van der Waals surface area contributed by atoms with Crippen LogP contribution < -0.4 is 16.8 Å². The highest BCUT2D eigenvalue weighted by atomic mass is 35.5. The average molecular weight is 287 g/mol. The van der Waals surface area contributed by atoms with E-state index >= 15 is 0 Å². The van der Waals surface area contributed by atoms with Gasteiger partial charge in [-0.3, -0.25) is 9.59 Å². The molecule has 0 bridgehead atoms. The van der Waals surface area contributed by atoms with Gasteiger partial charge in [0.05, 0.1) is 5.69 Å². The van der Waals surface area contributed by atoms with E-state index in [4.69, 9.17) is 11.5 Å². The fraction of sp³-hybridized carbons (Fsp3) is 0.500. The number of H-pyrrole nitrogens is 1. The predicted molar refractivity (Wildman–Crippen MR) is 75.1 cm³/mol. The summed E-state index contributed by atoms with van der Waals surface area (Å²) in [4.78, 5) is 25.4. The minimum Gasteiger partial charge on any atom is -0.364 e. The van der Waals surface area contributed by atoms with E-state index < -0.39 is 5.91 Å². The number of carbonyl (C=O) groups is 2. The zero-order valence-corrected chi connectivity index (χ0v) is 11.3. The minimum absolute atomic E-state index is 0. The van der Waals surface area contributed by atoms with Crippen LogP contribution in [0.1, 0.15) is 36.2 Å². The number of hydrogen-bond donors (Lipinski definition) is 4. The molecule has 2 rings (SSSR count). The predicted octanol–water partition coefficient (Wildman–Crippen LogP) is 0.991. The average Bonchev–Trinajstić information content (AvgIpc) is 2.89. The van der Waals surface area contributed by atoms with Crippen molar-refractivity contribution in [1.29, 1.82) is 0 Å². The molecule has 6 N–H and O–H groups in total. The number of hydrogen-bond acceptors (Lipinski definition) is 3. The Bertz CT molecular complexity index is 460. The van der Waals surface area contributed by atoms with Crippen molar-refractivity contribution in [3.63, 3.8) is 0 Å². The SMILES string of the molecule is Cl.NC(=O)c1cc(NC(=O)C[C@@H]2CCC[C@H]2N)c[nH]1. The van der Waals surface area contributed by atoms with Crippen LogP contribution in [-0.4, -0.2) is 22.8 Å². The van der Waals surface area contributed by atoms with Crippen molar-refractivity contribution in [1.82, 2.24) is 4.98 Å². The van der Waals surface area contributed by atoms with E-state index in [1.165, 1.54) is 6.07 Å². The van der Waals surface area contributed by atoms with E-state index in [1.807, 2.05) is 0 Å². The molecule has 0 aliphatic heterocycles. The molecule has 0 radical (unpaired) electrons. The van der Waals surface area contributed by atoms with E-state index in [-0.39, 0.29) is 36.0 Å². The minimum atomic E-state index is -0.548. The van der Waals surface area contributed by atoms with Crippen molar-refractivity contribution in [2.75, 3.05) is 5.32 Å². The molecule has 0 unspecified atom stereocenters. The summed E-state index contributed by atoms with van der Waals surface area (Å²) in [6, 6.07) is 1.65. The zero-order valence-electron chi connectivity index (χ0n) is 10.5. The van der Waals surface area contributed by atoms with Gasteiger partial charge in [0, 0.05) is 18.7 Å². The van der Waals surface area contributed by atoms with Gasteiger partial charge in [0.1, 0.15) is 5.69 Å². The number of rotatable bonds is 4. The van der Waals surface area contributed by atoms with Gasteiger partial charge in [-0.1, -0.05) is 6.42 Å². The summed E-state index contributed by atoms with van der Waals surface area (Å²) < 4.78 is 0. The summed E-state index contributed by atoms with van der Waals surface area (Å²) in [7, 11) is 0. The molecule has 0 saturated heterocycles. The lowest BCUT2D eigenvalue weighted by Gasteiger charge is -2.14. The normalized spacial score (nSPS) is 21.7. The molecule has 2 amide bonds. The third kappa shape index (κ3) is 3.97. The van der Waals surface area contributed by atoms with Crippen molar-refractivity contribution in [3.05, 3.63) is 18.0 Å². The molecule has 1 aliphatic carbocycles. The van der Waals surface area contributed by atoms with Gasteiger partial charge in [-0.15, -0.1) is 12.4 Å². The maximum absolute atomic E-state index is 11.8. The van der Waals surface area contributed by atoms with Crippen molar-refractivity contribution < 1.29 is 9.59 Å². The summed E-state index contributed by atoms with van der Waals surface area (Å²) in [6.45, 7) is 0. The summed E-state index contributed by atoms with van der Waals surface area (Å²) in [5.74, 6) is -0.361. The van der Waals surface area contributed by atoms with Crippen LogP contribution in [0.2, 0.25) is 0 Å². The largest absolute Gasteiger partial charge is 0.364 e. The number of primary amides is 1. The second-order valence-corrected chi connectivity index (χ2v) is 4.77. The molecule has 106 valence electrons. The third-order valence-corrected chi connectivity index (χ3v) is 3.40. The fourth-order valence-electron chi connectivity index (χ4n) is 2.38. The Balaban J connectivity index is 0.00000180. The number of anilines is 1. The highest BCUT2D eigenvalue weighted by Gasteiger charge is 2.26. The molecule has 0 spiro atoms. The summed E-state index contributed by atoms with van der Waals surface area (Å²) in [6.07, 6.45) is 5.07. The number of carbonyl (C=O) groups excluding carboxylic acids is 2. The lowest BCUT2D eigenvalue weighted by molar-refractivity contribution is -0.117. The molecule has 1 aromatic heterocycles. The number of nitrogens with two attached hydrogens (primary N) is 2. The topological polar surface area (TPSA) is 114 Å². The molecule has 2 atom stereocenters. The Hall–Kier alpha value is -1.53. The van der Waals surface area contributed by atoms with Gasteiger partial charge in [-0.05, 0) is 24.8 Å². The van der Waals surface area contributed by atoms with Crippen molar-refractivity contribution in [2.24, 2.45) is 17.4 Å². The van der Waals surface area contributed by atoms with Crippen LogP contribution in [0, 0.1) is 5.92 Å². The highest BCUT2D eigenvalue weighted by molar-refractivity contribution is 5.95. The molecular weight excluding hydrogens is 268 g/mol. The first-order valence-electron chi connectivity index (χ1n) is 6.10. The van der Waals surface area contributed by atoms with E-state index in [0.717, 1.165) is 19.3 Å². The second-order valence-electron chi connectivity index (χ2n) is 4.77. The van der Waals surface area contributed by atoms with Gasteiger partial charge in [0.15, 0.2) is 0 Å².